The number of hydrogen-bond acceptors (Lipinski definition) is 2. The fourth-order valence-corrected chi connectivity index (χ4v) is 1.83. The third kappa shape index (κ3) is 11.1. The SMILES string of the molecule is CC(=O)C1=CC[N-]C=C1.CC(=O)C1CC[N-]CC1.[Cl][Zn][Cl]. The average molecular weight is 385 g/mol. The molecule has 0 radical (unpaired) electrons. The molecule has 7 heteroatoms. The van der Waals surface area contributed by atoms with E-state index in [9.17, 15) is 9.59 Å². The van der Waals surface area contributed by atoms with Crippen LogP contribution in [-0.4, -0.2) is 31.2 Å². The summed E-state index contributed by atoms with van der Waals surface area (Å²) in [4.78, 5) is 21.4. The Labute approximate surface area is 142 Å². The Bertz CT molecular complexity index is 381. The molecule has 0 aromatic heterocycles. The van der Waals surface area contributed by atoms with Gasteiger partial charge in [0.25, 0.3) is 0 Å². The van der Waals surface area contributed by atoms with Crippen molar-refractivity contribution in [1.82, 2.24) is 0 Å². The summed E-state index contributed by atoms with van der Waals surface area (Å²) in [7, 11) is 9.90. The number of rotatable bonds is 2. The zero-order chi connectivity index (χ0) is 16.1. The summed E-state index contributed by atoms with van der Waals surface area (Å²) in [6, 6.07) is 0. The van der Waals surface area contributed by atoms with Gasteiger partial charge in [0.15, 0.2) is 5.78 Å². The molecule has 0 aromatic rings. The molecule has 0 atom stereocenters. The second-order valence-corrected chi connectivity index (χ2v) is 9.18. The number of carbonyl (C=O) groups excluding carboxylic acids is 2. The summed E-state index contributed by atoms with van der Waals surface area (Å²) < 4.78 is 0. The maximum absolute atomic E-state index is 10.8. The first-order chi connectivity index (χ1) is 10.0. The molecule has 2 heterocycles. The fraction of sp³-hybridized carbons (Fsp3) is 0.571. The van der Waals surface area contributed by atoms with Gasteiger partial charge in [-0.3, -0.25) is 9.59 Å². The number of hydrogen-bond donors (Lipinski definition) is 0. The molecular weight excluding hydrogens is 364 g/mol. The van der Waals surface area contributed by atoms with Crippen molar-refractivity contribution in [3.8, 4) is 0 Å². The van der Waals surface area contributed by atoms with Gasteiger partial charge in [0.2, 0.25) is 0 Å². The van der Waals surface area contributed by atoms with Crippen molar-refractivity contribution < 1.29 is 24.7 Å². The summed E-state index contributed by atoms with van der Waals surface area (Å²) >= 11 is -0.931. The summed E-state index contributed by atoms with van der Waals surface area (Å²) in [5.41, 5.74) is 0.769. The molecule has 0 spiro atoms. The first-order valence-corrected chi connectivity index (χ1v) is 14.6. The van der Waals surface area contributed by atoms with Gasteiger partial charge in [0, 0.05) is 11.5 Å². The van der Waals surface area contributed by atoms with Crippen LogP contribution in [0.25, 0.3) is 10.6 Å². The molecule has 0 bridgehead atoms. The Morgan fingerprint density at radius 3 is 2.10 bits per heavy atom. The van der Waals surface area contributed by atoms with Crippen LogP contribution in [0.3, 0.4) is 0 Å². The second-order valence-electron chi connectivity index (χ2n) is 4.55. The number of nitrogens with zero attached hydrogens (tertiary/aromatic N) is 2. The van der Waals surface area contributed by atoms with Crippen LogP contribution < -0.4 is 0 Å². The van der Waals surface area contributed by atoms with Crippen molar-refractivity contribution in [2.75, 3.05) is 19.6 Å². The molecule has 2 rings (SSSR count). The van der Waals surface area contributed by atoms with E-state index in [1.807, 2.05) is 6.08 Å². The molecule has 0 aromatic carbocycles. The standard InChI is InChI=1S/C7H12NO.C7H8NO.2ClH.Zn/c2*1-6(9)7-2-4-8-5-3-7;;;/h7H,2-5H2,1H3;2-4H,5H2,1H3;2*1H;/q2*-1;;;+2/p-2. The van der Waals surface area contributed by atoms with E-state index in [0.717, 1.165) is 31.5 Å². The monoisotopic (exact) mass is 382 g/mol. The number of Topliss-reactive ketones (excluding diaryl/α,β-unsaturated/α-hetero) is 2. The predicted molar refractivity (Wildman–Crippen MR) is 84.3 cm³/mol. The van der Waals surface area contributed by atoms with E-state index in [1.165, 1.54) is 0 Å². The topological polar surface area (TPSA) is 62.3 Å². The van der Waals surface area contributed by atoms with E-state index >= 15 is 0 Å². The molecule has 0 unspecified atom stereocenters. The molecular formula is C14H20Cl2N2O2Zn-2. The van der Waals surface area contributed by atoms with Crippen LogP contribution in [0.4, 0.5) is 0 Å². The molecule has 2 aliphatic rings. The van der Waals surface area contributed by atoms with E-state index in [4.69, 9.17) is 19.4 Å². The minimum absolute atomic E-state index is 0.112. The third-order valence-electron chi connectivity index (χ3n) is 3.03. The van der Waals surface area contributed by atoms with Crippen LogP contribution in [0.2, 0.25) is 0 Å². The zero-order valence-electron chi connectivity index (χ0n) is 12.5. The predicted octanol–water partition coefficient (Wildman–Crippen LogP) is 4.14. The Morgan fingerprint density at radius 2 is 1.81 bits per heavy atom. The second kappa shape index (κ2) is 13.4. The van der Waals surface area contributed by atoms with Gasteiger partial charge >= 0.3 is 34.5 Å². The molecule has 116 valence electrons. The molecule has 21 heavy (non-hydrogen) atoms. The van der Waals surface area contributed by atoms with Crippen LogP contribution in [0, 0.1) is 5.92 Å². The van der Waals surface area contributed by atoms with Gasteiger partial charge in [0.1, 0.15) is 5.78 Å². The third-order valence-corrected chi connectivity index (χ3v) is 3.03. The Hall–Kier alpha value is -0.217. The molecule has 0 amide bonds. The van der Waals surface area contributed by atoms with E-state index in [2.05, 4.69) is 10.6 Å². The number of piperidine rings is 1. The average Bonchev–Trinajstić information content (AvgIpc) is 2.50. The van der Waals surface area contributed by atoms with Crippen LogP contribution in [0.1, 0.15) is 26.7 Å². The van der Waals surface area contributed by atoms with Crippen molar-refractivity contribution in [2.24, 2.45) is 5.92 Å². The fourth-order valence-electron chi connectivity index (χ4n) is 1.83. The normalized spacial score (nSPS) is 16.9. The van der Waals surface area contributed by atoms with Crippen LogP contribution in [0.5, 0.6) is 0 Å². The molecule has 4 nitrogen and oxygen atoms in total. The van der Waals surface area contributed by atoms with Gasteiger partial charge in [-0.1, -0.05) is 25.0 Å². The summed E-state index contributed by atoms with van der Waals surface area (Å²) in [6.45, 7) is 5.66. The molecule has 1 fully saturated rings. The van der Waals surface area contributed by atoms with Crippen molar-refractivity contribution >= 4 is 30.9 Å². The molecule has 1 saturated heterocycles. The van der Waals surface area contributed by atoms with Crippen molar-refractivity contribution in [2.45, 2.75) is 26.7 Å². The number of ketones is 2. The van der Waals surface area contributed by atoms with Gasteiger partial charge in [-0.25, -0.2) is 0 Å². The van der Waals surface area contributed by atoms with Crippen LogP contribution >= 0.6 is 19.4 Å². The van der Waals surface area contributed by atoms with Crippen molar-refractivity contribution in [1.29, 1.82) is 0 Å². The first kappa shape index (κ1) is 20.8. The van der Waals surface area contributed by atoms with Crippen molar-refractivity contribution in [3.05, 3.63) is 34.6 Å². The Kier molecular flexibility index (Phi) is 13.3. The number of halogens is 2. The number of allylic oxidation sites excluding steroid dienone is 2. The van der Waals surface area contributed by atoms with E-state index in [1.54, 1.807) is 26.1 Å². The van der Waals surface area contributed by atoms with E-state index < -0.39 is 15.1 Å². The summed E-state index contributed by atoms with van der Waals surface area (Å²) in [5, 5.41) is 8.06. The van der Waals surface area contributed by atoms with Gasteiger partial charge in [0.05, 0.1) is 0 Å². The molecule has 0 saturated carbocycles. The van der Waals surface area contributed by atoms with Crippen molar-refractivity contribution in [3.63, 3.8) is 0 Å². The zero-order valence-corrected chi connectivity index (χ0v) is 17.0. The first-order valence-electron chi connectivity index (χ1n) is 6.82. The van der Waals surface area contributed by atoms with E-state index in [0.29, 0.717) is 18.2 Å². The molecule has 0 aliphatic carbocycles. The molecule has 2 aliphatic heterocycles. The van der Waals surface area contributed by atoms with Gasteiger partial charge in [-0.2, -0.15) is 6.20 Å². The van der Waals surface area contributed by atoms with Gasteiger partial charge in [-0.15, -0.1) is 19.6 Å². The number of carbonyl (C=O) groups is 2. The Morgan fingerprint density at radius 1 is 1.24 bits per heavy atom. The van der Waals surface area contributed by atoms with Crippen LogP contribution in [0.15, 0.2) is 23.9 Å². The van der Waals surface area contributed by atoms with Gasteiger partial charge in [-0.05, 0) is 13.8 Å². The van der Waals surface area contributed by atoms with Gasteiger partial charge < -0.3 is 10.6 Å². The van der Waals surface area contributed by atoms with Crippen LogP contribution in [-0.2, 0) is 24.7 Å². The molecule has 0 N–H and O–H groups in total. The minimum atomic E-state index is -0.931. The van der Waals surface area contributed by atoms with E-state index in [-0.39, 0.29) is 5.78 Å². The summed E-state index contributed by atoms with van der Waals surface area (Å²) in [6.07, 6.45) is 7.18. The quantitative estimate of drug-likeness (QED) is 0.672. The summed E-state index contributed by atoms with van der Waals surface area (Å²) in [5.74, 6) is 0.772. The Balaban J connectivity index is 0.000000322. The maximum atomic E-state index is 10.8.